The van der Waals surface area contributed by atoms with Crippen molar-refractivity contribution in [1.29, 1.82) is 0 Å². The summed E-state index contributed by atoms with van der Waals surface area (Å²) in [5, 5.41) is 11.9. The standard InChI is InChI=1S/C12H15N5O/c1-16-8-9-17(2)12(16)14-15-13-10-4-6-11(18-3)7-5-10/h4-9H,1-3H3. The average Bonchev–Trinajstić information content (AvgIpc) is 2.71. The van der Waals surface area contributed by atoms with Gasteiger partial charge in [-0.1, -0.05) is 5.10 Å². The van der Waals surface area contributed by atoms with E-state index in [0.29, 0.717) is 0 Å². The third-order valence-electron chi connectivity index (χ3n) is 2.51. The molecule has 6 nitrogen and oxygen atoms in total. The number of aryl methyl sites for hydroxylation is 2. The minimum atomic E-state index is 0.729. The van der Waals surface area contributed by atoms with Crippen molar-refractivity contribution in [1.82, 2.24) is 9.13 Å². The maximum Gasteiger partial charge on any atom is 0.231 e. The molecule has 0 spiro atoms. The van der Waals surface area contributed by atoms with Crippen LogP contribution in [0, 0.1) is 0 Å². The Morgan fingerprint density at radius 3 is 2.17 bits per heavy atom. The number of methoxy groups -OCH3 is 1. The van der Waals surface area contributed by atoms with E-state index >= 15 is 0 Å². The molecule has 0 aliphatic heterocycles. The van der Waals surface area contributed by atoms with Gasteiger partial charge in [-0.05, 0) is 29.5 Å². The quantitative estimate of drug-likeness (QED) is 0.602. The molecule has 1 aromatic heterocycles. The number of rotatable bonds is 3. The lowest BCUT2D eigenvalue weighted by Gasteiger charge is -1.97. The zero-order valence-electron chi connectivity index (χ0n) is 10.6. The van der Waals surface area contributed by atoms with E-state index in [1.54, 1.807) is 7.11 Å². The molecule has 0 amide bonds. The molecule has 6 heteroatoms. The van der Waals surface area contributed by atoms with E-state index in [-0.39, 0.29) is 0 Å². The molecule has 0 atom stereocenters. The minimum absolute atomic E-state index is 0.729. The van der Waals surface area contributed by atoms with Crippen molar-refractivity contribution >= 4 is 5.69 Å². The van der Waals surface area contributed by atoms with Crippen LogP contribution in [-0.4, -0.2) is 16.2 Å². The number of ether oxygens (including phenoxy) is 1. The van der Waals surface area contributed by atoms with Gasteiger partial charge in [-0.2, -0.15) is 0 Å². The van der Waals surface area contributed by atoms with Crippen molar-refractivity contribution in [3.8, 4) is 5.75 Å². The lowest BCUT2D eigenvalue weighted by molar-refractivity contribution is 0.415. The van der Waals surface area contributed by atoms with Crippen LogP contribution in [0.2, 0.25) is 0 Å². The van der Waals surface area contributed by atoms with Crippen LogP contribution in [-0.2, 0) is 14.1 Å². The fraction of sp³-hybridized carbons (Fsp3) is 0.250. The van der Waals surface area contributed by atoms with E-state index in [1.165, 1.54) is 0 Å². The van der Waals surface area contributed by atoms with Crippen LogP contribution in [0.15, 0.2) is 52.1 Å². The van der Waals surface area contributed by atoms with Gasteiger partial charge in [-0.15, -0.1) is 5.11 Å². The highest BCUT2D eigenvalue weighted by Gasteiger charge is 1.93. The van der Waals surface area contributed by atoms with Crippen LogP contribution in [0.5, 0.6) is 5.75 Å². The number of imidazole rings is 1. The fourth-order valence-corrected chi connectivity index (χ4v) is 1.49. The predicted octanol–water partition coefficient (Wildman–Crippen LogP) is 1.97. The summed E-state index contributed by atoms with van der Waals surface area (Å²) in [6.07, 6.45) is 3.81. The van der Waals surface area contributed by atoms with Gasteiger partial charge in [-0.25, -0.2) is 0 Å². The second-order valence-electron chi connectivity index (χ2n) is 3.81. The van der Waals surface area contributed by atoms with Gasteiger partial charge in [0, 0.05) is 26.5 Å². The van der Waals surface area contributed by atoms with Gasteiger partial charge in [0.2, 0.25) is 5.62 Å². The van der Waals surface area contributed by atoms with Crippen LogP contribution in [0.3, 0.4) is 0 Å². The van der Waals surface area contributed by atoms with Crippen LogP contribution in [0.1, 0.15) is 0 Å². The first kappa shape index (κ1) is 12.1. The van der Waals surface area contributed by atoms with Crippen molar-refractivity contribution in [3.63, 3.8) is 0 Å². The van der Waals surface area contributed by atoms with E-state index in [0.717, 1.165) is 17.1 Å². The molecule has 94 valence electrons. The summed E-state index contributed by atoms with van der Waals surface area (Å²) in [6.45, 7) is 0. The Kier molecular flexibility index (Phi) is 3.57. The van der Waals surface area contributed by atoms with Crippen LogP contribution in [0.25, 0.3) is 0 Å². The van der Waals surface area contributed by atoms with Gasteiger partial charge in [-0.3, -0.25) is 0 Å². The summed E-state index contributed by atoms with van der Waals surface area (Å²) in [7, 11) is 5.44. The molecule has 2 rings (SSSR count). The number of hydrogen-bond acceptors (Lipinski definition) is 3. The number of hydrogen-bond donors (Lipinski definition) is 0. The van der Waals surface area contributed by atoms with Gasteiger partial charge >= 0.3 is 0 Å². The average molecular weight is 245 g/mol. The molecule has 18 heavy (non-hydrogen) atoms. The minimum Gasteiger partial charge on any atom is -0.497 e. The molecule has 0 aliphatic rings. The van der Waals surface area contributed by atoms with Crippen molar-refractivity contribution < 1.29 is 4.74 Å². The Balaban J connectivity index is 2.19. The van der Waals surface area contributed by atoms with E-state index in [4.69, 9.17) is 4.74 Å². The first-order chi connectivity index (χ1) is 8.70. The van der Waals surface area contributed by atoms with Crippen molar-refractivity contribution in [2.45, 2.75) is 0 Å². The highest BCUT2D eigenvalue weighted by molar-refractivity contribution is 5.40. The van der Waals surface area contributed by atoms with Gasteiger partial charge in [0.1, 0.15) is 5.75 Å². The molecule has 0 unspecified atom stereocenters. The summed E-state index contributed by atoms with van der Waals surface area (Å²) >= 11 is 0. The molecule has 0 fully saturated rings. The first-order valence-electron chi connectivity index (χ1n) is 5.47. The molecule has 0 saturated heterocycles. The second-order valence-corrected chi connectivity index (χ2v) is 3.81. The zero-order chi connectivity index (χ0) is 13.0. The SMILES string of the molecule is COc1ccc(N=NN=c2n(C)ccn2C)cc1. The van der Waals surface area contributed by atoms with E-state index in [9.17, 15) is 0 Å². The molecule has 1 aromatic carbocycles. The molecule has 0 bridgehead atoms. The smallest absolute Gasteiger partial charge is 0.231 e. The van der Waals surface area contributed by atoms with Gasteiger partial charge in [0.05, 0.1) is 12.8 Å². The van der Waals surface area contributed by atoms with Gasteiger partial charge < -0.3 is 13.9 Å². The Labute approximate surface area is 105 Å². The highest BCUT2D eigenvalue weighted by atomic mass is 16.5. The maximum absolute atomic E-state index is 5.06. The molecular formula is C12H15N5O. The van der Waals surface area contributed by atoms with Crippen molar-refractivity contribution in [2.75, 3.05) is 7.11 Å². The third-order valence-corrected chi connectivity index (χ3v) is 2.51. The zero-order valence-corrected chi connectivity index (χ0v) is 10.6. The Morgan fingerprint density at radius 2 is 1.61 bits per heavy atom. The van der Waals surface area contributed by atoms with E-state index < -0.39 is 0 Å². The largest absolute Gasteiger partial charge is 0.497 e. The Hall–Kier alpha value is -2.37. The summed E-state index contributed by atoms with van der Waals surface area (Å²) in [5.74, 6) is 0.791. The second kappa shape index (κ2) is 5.31. The first-order valence-corrected chi connectivity index (χ1v) is 5.47. The molecule has 2 aromatic rings. The lowest BCUT2D eigenvalue weighted by Crippen LogP contribution is -2.20. The summed E-state index contributed by atoms with van der Waals surface area (Å²) in [5.41, 5.74) is 1.46. The van der Waals surface area contributed by atoms with E-state index in [2.05, 4.69) is 15.4 Å². The number of benzene rings is 1. The molecule has 0 radical (unpaired) electrons. The topological polar surface area (TPSA) is 56.2 Å². The van der Waals surface area contributed by atoms with Crippen molar-refractivity contribution in [3.05, 3.63) is 42.3 Å². The summed E-state index contributed by atoms with van der Waals surface area (Å²) in [6, 6.07) is 7.30. The third kappa shape index (κ3) is 2.65. The molecular weight excluding hydrogens is 230 g/mol. The highest BCUT2D eigenvalue weighted by Crippen LogP contribution is 2.17. The summed E-state index contributed by atoms with van der Waals surface area (Å²) in [4.78, 5) is 0. The number of nitrogens with zero attached hydrogens (tertiary/aromatic N) is 5. The Morgan fingerprint density at radius 1 is 1.00 bits per heavy atom. The van der Waals surface area contributed by atoms with Gasteiger partial charge in [0.15, 0.2) is 0 Å². The van der Waals surface area contributed by atoms with Gasteiger partial charge in [0.25, 0.3) is 0 Å². The van der Waals surface area contributed by atoms with Crippen LogP contribution >= 0.6 is 0 Å². The molecule has 0 saturated carbocycles. The molecule has 1 heterocycles. The van der Waals surface area contributed by atoms with Crippen molar-refractivity contribution in [2.24, 2.45) is 29.5 Å². The predicted molar refractivity (Wildman–Crippen MR) is 67.5 cm³/mol. The van der Waals surface area contributed by atoms with E-state index in [1.807, 2.05) is 59.9 Å². The molecule has 0 N–H and O–H groups in total. The lowest BCUT2D eigenvalue weighted by atomic mass is 10.3. The van der Waals surface area contributed by atoms with Crippen LogP contribution in [0.4, 0.5) is 5.69 Å². The maximum atomic E-state index is 5.06. The summed E-state index contributed by atoms with van der Waals surface area (Å²) < 4.78 is 8.80. The normalized spacial score (nSPS) is 10.8. The number of aromatic nitrogens is 2. The molecule has 0 aliphatic carbocycles. The Bertz CT molecular complexity index is 584. The monoisotopic (exact) mass is 245 g/mol. The fourth-order valence-electron chi connectivity index (χ4n) is 1.49. The van der Waals surface area contributed by atoms with Crippen LogP contribution < -0.4 is 10.4 Å².